The van der Waals surface area contributed by atoms with Gasteiger partial charge in [-0.3, -0.25) is 4.79 Å². The maximum absolute atomic E-state index is 12.6. The minimum atomic E-state index is -3.78. The van der Waals surface area contributed by atoms with Crippen LogP contribution in [0, 0.1) is 0 Å². The molecule has 2 aromatic rings. The van der Waals surface area contributed by atoms with E-state index in [2.05, 4.69) is 26.0 Å². The van der Waals surface area contributed by atoms with E-state index in [1.165, 1.54) is 19.2 Å². The lowest BCUT2D eigenvalue weighted by atomic mass is 10.0. The molecule has 0 heterocycles. The van der Waals surface area contributed by atoms with E-state index in [4.69, 9.17) is 4.74 Å². The topological polar surface area (TPSA) is 84.5 Å². The average Bonchev–Trinajstić information content (AvgIpc) is 2.61. The maximum atomic E-state index is 12.6. The molecule has 0 aromatic heterocycles. The third-order valence-corrected chi connectivity index (χ3v) is 5.62. The highest BCUT2D eigenvalue weighted by atomic mass is 79.9. The van der Waals surface area contributed by atoms with Crippen LogP contribution in [-0.2, 0) is 14.8 Å². The summed E-state index contributed by atoms with van der Waals surface area (Å²) < 4.78 is 33.8. The van der Waals surface area contributed by atoms with E-state index in [0.29, 0.717) is 11.3 Å². The predicted molar refractivity (Wildman–Crippen MR) is 98.9 cm³/mol. The van der Waals surface area contributed by atoms with Gasteiger partial charge in [0.25, 0.3) is 0 Å². The summed E-state index contributed by atoms with van der Waals surface area (Å²) >= 11 is 3.28. The van der Waals surface area contributed by atoms with Crippen LogP contribution in [-0.4, -0.2) is 28.5 Å². The minimum absolute atomic E-state index is 0.0153. The normalized spacial score (nSPS) is 12.4. The molecule has 0 unspecified atom stereocenters. The number of benzene rings is 2. The van der Waals surface area contributed by atoms with Crippen LogP contribution in [0.4, 0.5) is 0 Å². The molecule has 0 aliphatic rings. The highest BCUT2D eigenvalue weighted by Crippen LogP contribution is 2.23. The molecule has 0 radical (unpaired) electrons. The van der Waals surface area contributed by atoms with E-state index in [0.717, 1.165) is 4.47 Å². The van der Waals surface area contributed by atoms with Crippen LogP contribution >= 0.6 is 15.9 Å². The Morgan fingerprint density at radius 2 is 1.72 bits per heavy atom. The van der Waals surface area contributed by atoms with Crippen LogP contribution < -0.4 is 14.8 Å². The number of rotatable bonds is 7. The van der Waals surface area contributed by atoms with Crippen molar-refractivity contribution in [3.05, 3.63) is 58.6 Å². The highest BCUT2D eigenvalue weighted by Gasteiger charge is 2.23. The van der Waals surface area contributed by atoms with Gasteiger partial charge in [-0.2, -0.15) is 0 Å². The molecule has 1 atom stereocenters. The molecule has 0 aliphatic heterocycles. The zero-order valence-corrected chi connectivity index (χ0v) is 16.2. The number of ether oxygens (including phenoxy) is 1. The van der Waals surface area contributed by atoms with E-state index >= 15 is 0 Å². The van der Waals surface area contributed by atoms with Crippen molar-refractivity contribution in [2.45, 2.75) is 17.4 Å². The van der Waals surface area contributed by atoms with Gasteiger partial charge in [0, 0.05) is 17.9 Å². The molecule has 0 bridgehead atoms. The van der Waals surface area contributed by atoms with E-state index in [-0.39, 0.29) is 17.2 Å². The largest absolute Gasteiger partial charge is 0.497 e. The summed E-state index contributed by atoms with van der Waals surface area (Å²) in [7, 11) is -0.717. The van der Waals surface area contributed by atoms with Crippen LogP contribution in [0.2, 0.25) is 0 Å². The first-order chi connectivity index (χ1) is 11.9. The van der Waals surface area contributed by atoms with Crippen molar-refractivity contribution in [3.8, 4) is 5.75 Å². The van der Waals surface area contributed by atoms with Gasteiger partial charge in [-0.05, 0) is 42.0 Å². The van der Waals surface area contributed by atoms with Crippen LogP contribution in [0.3, 0.4) is 0 Å². The quantitative estimate of drug-likeness (QED) is 0.712. The molecule has 2 aromatic carbocycles. The highest BCUT2D eigenvalue weighted by molar-refractivity contribution is 9.10. The number of amides is 1. The molecule has 6 nitrogen and oxygen atoms in total. The van der Waals surface area contributed by atoms with Crippen molar-refractivity contribution in [1.82, 2.24) is 10.0 Å². The molecule has 2 N–H and O–H groups in total. The Bertz CT molecular complexity index is 821. The number of nitrogens with one attached hydrogen (secondary N) is 2. The van der Waals surface area contributed by atoms with E-state index in [9.17, 15) is 13.2 Å². The van der Waals surface area contributed by atoms with Gasteiger partial charge in [-0.1, -0.05) is 28.1 Å². The van der Waals surface area contributed by atoms with Crippen molar-refractivity contribution in [2.24, 2.45) is 0 Å². The standard InChI is InChI=1S/C17H19BrN2O4S/c1-19-17(21)11-16(12-3-7-14(24-2)8-4-12)20-25(22,23)15-9-5-13(18)6-10-15/h3-10,16,20H,11H2,1-2H3,(H,19,21)/t16-/m0/s1. The molecule has 134 valence electrons. The van der Waals surface area contributed by atoms with Gasteiger partial charge < -0.3 is 10.1 Å². The van der Waals surface area contributed by atoms with Crippen LogP contribution in [0.25, 0.3) is 0 Å². The van der Waals surface area contributed by atoms with Crippen LogP contribution in [0.5, 0.6) is 5.75 Å². The monoisotopic (exact) mass is 426 g/mol. The number of hydrogen-bond acceptors (Lipinski definition) is 4. The first-order valence-electron chi connectivity index (χ1n) is 7.48. The van der Waals surface area contributed by atoms with Crippen molar-refractivity contribution in [3.63, 3.8) is 0 Å². The first kappa shape index (κ1) is 19.4. The second-order valence-corrected chi connectivity index (χ2v) is 7.91. The van der Waals surface area contributed by atoms with Gasteiger partial charge in [0.15, 0.2) is 0 Å². The van der Waals surface area contributed by atoms with Crippen molar-refractivity contribution >= 4 is 31.9 Å². The molecule has 0 saturated heterocycles. The van der Waals surface area contributed by atoms with E-state index in [1.807, 2.05) is 0 Å². The molecule has 0 aliphatic carbocycles. The van der Waals surface area contributed by atoms with Gasteiger partial charge in [0.2, 0.25) is 15.9 Å². The Hall–Kier alpha value is -1.90. The van der Waals surface area contributed by atoms with Crippen molar-refractivity contribution in [1.29, 1.82) is 0 Å². The number of sulfonamides is 1. The third kappa shape index (κ3) is 5.29. The molecule has 0 fully saturated rings. The summed E-state index contributed by atoms with van der Waals surface area (Å²) in [5.41, 5.74) is 0.671. The molecule has 8 heteroatoms. The van der Waals surface area contributed by atoms with Gasteiger partial charge >= 0.3 is 0 Å². The molecular formula is C17H19BrN2O4S. The Balaban J connectivity index is 2.31. The Labute approximate surface area is 155 Å². The molecule has 0 spiro atoms. The Morgan fingerprint density at radius 3 is 2.24 bits per heavy atom. The maximum Gasteiger partial charge on any atom is 0.241 e. The van der Waals surface area contributed by atoms with Crippen molar-refractivity contribution in [2.75, 3.05) is 14.2 Å². The van der Waals surface area contributed by atoms with Gasteiger partial charge in [0.05, 0.1) is 18.0 Å². The lowest BCUT2D eigenvalue weighted by Gasteiger charge is -2.19. The SMILES string of the molecule is CNC(=O)C[C@H](NS(=O)(=O)c1ccc(Br)cc1)c1ccc(OC)cc1. The Morgan fingerprint density at radius 1 is 1.12 bits per heavy atom. The fourth-order valence-corrected chi connectivity index (χ4v) is 3.71. The second kappa shape index (κ2) is 8.46. The average molecular weight is 427 g/mol. The summed E-state index contributed by atoms with van der Waals surface area (Å²) in [5.74, 6) is 0.387. The summed E-state index contributed by atoms with van der Waals surface area (Å²) in [5, 5.41) is 2.52. The second-order valence-electron chi connectivity index (χ2n) is 5.28. The number of carbonyl (C=O) groups excluding carboxylic acids is 1. The summed E-state index contributed by atoms with van der Waals surface area (Å²) in [6.07, 6.45) is -0.0153. The number of hydrogen-bond donors (Lipinski definition) is 2. The van der Waals surface area contributed by atoms with Crippen LogP contribution in [0.15, 0.2) is 57.9 Å². The van der Waals surface area contributed by atoms with Crippen LogP contribution in [0.1, 0.15) is 18.0 Å². The summed E-state index contributed by atoms with van der Waals surface area (Å²) in [6.45, 7) is 0. The molecular weight excluding hydrogens is 408 g/mol. The zero-order valence-electron chi connectivity index (χ0n) is 13.8. The number of carbonyl (C=O) groups is 1. The third-order valence-electron chi connectivity index (χ3n) is 3.61. The van der Waals surface area contributed by atoms with Gasteiger partial charge in [-0.25, -0.2) is 13.1 Å². The lowest BCUT2D eigenvalue weighted by molar-refractivity contribution is -0.121. The number of halogens is 1. The Kier molecular flexibility index (Phi) is 6.57. The van der Waals surface area contributed by atoms with Gasteiger partial charge in [0.1, 0.15) is 5.75 Å². The molecule has 25 heavy (non-hydrogen) atoms. The summed E-state index contributed by atoms with van der Waals surface area (Å²) in [4.78, 5) is 11.9. The number of methoxy groups -OCH3 is 1. The predicted octanol–water partition coefficient (Wildman–Crippen LogP) is 2.61. The minimum Gasteiger partial charge on any atom is -0.497 e. The van der Waals surface area contributed by atoms with E-state index < -0.39 is 16.1 Å². The fourth-order valence-electron chi connectivity index (χ4n) is 2.22. The molecule has 2 rings (SSSR count). The van der Waals surface area contributed by atoms with Gasteiger partial charge in [-0.15, -0.1) is 0 Å². The lowest BCUT2D eigenvalue weighted by Crippen LogP contribution is -2.32. The molecule has 0 saturated carbocycles. The fraction of sp³-hybridized carbons (Fsp3) is 0.235. The first-order valence-corrected chi connectivity index (χ1v) is 9.76. The molecule has 1 amide bonds. The van der Waals surface area contributed by atoms with Crippen molar-refractivity contribution < 1.29 is 17.9 Å². The zero-order chi connectivity index (χ0) is 18.4. The van der Waals surface area contributed by atoms with E-state index in [1.54, 1.807) is 43.5 Å². The smallest absolute Gasteiger partial charge is 0.241 e. The summed E-state index contributed by atoms with van der Waals surface area (Å²) in [6, 6.07) is 12.5.